The maximum atomic E-state index is 7.00. The van der Waals surface area contributed by atoms with Crippen LogP contribution in [0.4, 0.5) is 0 Å². The van der Waals surface area contributed by atoms with E-state index in [-0.39, 0.29) is 11.0 Å². The highest BCUT2D eigenvalue weighted by Gasteiger charge is 2.54. The standard InChI is InChI=1S/C16H36N2/c1-11(2)15(9-10-17,12(3)4)16(18,13(5)6)14(7)8/h11-14H,9-10,17-18H2,1-8H3. The molecule has 0 aliphatic heterocycles. The fraction of sp³-hybridized carbons (Fsp3) is 1.00. The molecule has 0 aromatic carbocycles. The van der Waals surface area contributed by atoms with E-state index < -0.39 is 0 Å². The van der Waals surface area contributed by atoms with Gasteiger partial charge < -0.3 is 11.5 Å². The molecule has 0 bridgehead atoms. The monoisotopic (exact) mass is 256 g/mol. The van der Waals surface area contributed by atoms with Gasteiger partial charge in [-0.3, -0.25) is 0 Å². The molecule has 0 rings (SSSR count). The van der Waals surface area contributed by atoms with Crippen LogP contribution < -0.4 is 11.5 Å². The second-order valence-electron chi connectivity index (χ2n) is 7.13. The first-order chi connectivity index (χ1) is 8.08. The van der Waals surface area contributed by atoms with Crippen LogP contribution in [0.25, 0.3) is 0 Å². The molecule has 0 fully saturated rings. The quantitative estimate of drug-likeness (QED) is 0.730. The van der Waals surface area contributed by atoms with Crippen LogP contribution in [0.3, 0.4) is 0 Å². The Morgan fingerprint density at radius 3 is 1.22 bits per heavy atom. The normalized spacial score (nSPS) is 14.3. The summed E-state index contributed by atoms with van der Waals surface area (Å²) in [4.78, 5) is 0. The molecule has 0 aromatic rings. The number of hydrogen-bond acceptors (Lipinski definition) is 2. The van der Waals surface area contributed by atoms with Gasteiger partial charge in [-0.15, -0.1) is 0 Å². The Hall–Kier alpha value is -0.0800. The lowest BCUT2D eigenvalue weighted by molar-refractivity contribution is -0.0529. The fourth-order valence-corrected chi connectivity index (χ4v) is 4.44. The first-order valence-corrected chi connectivity index (χ1v) is 7.57. The van der Waals surface area contributed by atoms with Crippen LogP contribution in [0.2, 0.25) is 0 Å². The SMILES string of the molecule is CC(C)C(N)(C(C)C)C(CCN)(C(C)C)C(C)C. The van der Waals surface area contributed by atoms with Crippen molar-refractivity contribution in [1.82, 2.24) is 0 Å². The third-order valence-corrected chi connectivity index (χ3v) is 5.34. The van der Waals surface area contributed by atoms with Crippen LogP contribution in [0.1, 0.15) is 61.8 Å². The van der Waals surface area contributed by atoms with Crippen molar-refractivity contribution in [1.29, 1.82) is 0 Å². The van der Waals surface area contributed by atoms with E-state index in [9.17, 15) is 0 Å². The van der Waals surface area contributed by atoms with E-state index in [1.807, 2.05) is 0 Å². The van der Waals surface area contributed by atoms with Crippen molar-refractivity contribution in [2.45, 2.75) is 67.3 Å². The van der Waals surface area contributed by atoms with E-state index in [0.717, 1.165) is 13.0 Å². The zero-order valence-corrected chi connectivity index (χ0v) is 13.9. The minimum Gasteiger partial charge on any atom is -0.330 e. The van der Waals surface area contributed by atoms with Gasteiger partial charge in [0, 0.05) is 5.54 Å². The molecule has 0 unspecified atom stereocenters. The first kappa shape index (κ1) is 17.9. The lowest BCUT2D eigenvalue weighted by Crippen LogP contribution is -2.66. The molecule has 0 aromatic heterocycles. The minimum absolute atomic E-state index is 0.101. The van der Waals surface area contributed by atoms with Gasteiger partial charge in [-0.25, -0.2) is 0 Å². The third-order valence-electron chi connectivity index (χ3n) is 5.34. The van der Waals surface area contributed by atoms with E-state index in [2.05, 4.69) is 55.4 Å². The van der Waals surface area contributed by atoms with Crippen LogP contribution in [0.5, 0.6) is 0 Å². The summed E-state index contributed by atoms with van der Waals surface area (Å²) < 4.78 is 0. The highest BCUT2D eigenvalue weighted by Crippen LogP contribution is 2.52. The van der Waals surface area contributed by atoms with Gasteiger partial charge in [-0.1, -0.05) is 55.4 Å². The predicted molar refractivity (Wildman–Crippen MR) is 82.4 cm³/mol. The van der Waals surface area contributed by atoms with Crippen molar-refractivity contribution in [3.63, 3.8) is 0 Å². The Morgan fingerprint density at radius 1 is 0.722 bits per heavy atom. The van der Waals surface area contributed by atoms with Crippen molar-refractivity contribution in [3.05, 3.63) is 0 Å². The van der Waals surface area contributed by atoms with Gasteiger partial charge in [-0.05, 0) is 42.1 Å². The Morgan fingerprint density at radius 2 is 1.06 bits per heavy atom. The molecule has 0 saturated heterocycles. The maximum absolute atomic E-state index is 7.00. The molecule has 0 spiro atoms. The largest absolute Gasteiger partial charge is 0.330 e. The van der Waals surface area contributed by atoms with Crippen LogP contribution in [0.15, 0.2) is 0 Å². The Kier molecular flexibility index (Phi) is 6.35. The second-order valence-corrected chi connectivity index (χ2v) is 7.13. The summed E-state index contributed by atoms with van der Waals surface area (Å²) in [7, 11) is 0. The molecule has 110 valence electrons. The number of rotatable bonds is 7. The van der Waals surface area contributed by atoms with Gasteiger partial charge in [0.2, 0.25) is 0 Å². The molecule has 2 heteroatoms. The smallest absolute Gasteiger partial charge is 0.0263 e. The summed E-state index contributed by atoms with van der Waals surface area (Å²) >= 11 is 0. The Labute approximate surface area is 115 Å². The summed E-state index contributed by atoms with van der Waals surface area (Å²) in [6.07, 6.45) is 1.01. The lowest BCUT2D eigenvalue weighted by atomic mass is 9.49. The van der Waals surface area contributed by atoms with Crippen molar-refractivity contribution >= 4 is 0 Å². The average Bonchev–Trinajstić information content (AvgIpc) is 2.22. The molecule has 18 heavy (non-hydrogen) atoms. The molecule has 2 nitrogen and oxygen atoms in total. The lowest BCUT2D eigenvalue weighted by Gasteiger charge is -2.59. The van der Waals surface area contributed by atoms with Crippen molar-refractivity contribution in [2.24, 2.45) is 40.6 Å². The van der Waals surface area contributed by atoms with Gasteiger partial charge in [0.15, 0.2) is 0 Å². The number of hydrogen-bond donors (Lipinski definition) is 2. The van der Waals surface area contributed by atoms with E-state index in [4.69, 9.17) is 11.5 Å². The van der Waals surface area contributed by atoms with Gasteiger partial charge in [0.25, 0.3) is 0 Å². The summed E-state index contributed by atoms with van der Waals surface area (Å²) in [5.74, 6) is 1.98. The van der Waals surface area contributed by atoms with Crippen molar-refractivity contribution < 1.29 is 0 Å². The van der Waals surface area contributed by atoms with Gasteiger partial charge in [0.1, 0.15) is 0 Å². The zero-order valence-electron chi connectivity index (χ0n) is 13.9. The molecular weight excluding hydrogens is 220 g/mol. The molecule has 4 N–H and O–H groups in total. The first-order valence-electron chi connectivity index (χ1n) is 7.57. The molecule has 0 saturated carbocycles. The zero-order chi connectivity index (χ0) is 14.7. The van der Waals surface area contributed by atoms with Crippen molar-refractivity contribution in [2.75, 3.05) is 6.54 Å². The molecule has 0 radical (unpaired) electrons. The van der Waals surface area contributed by atoms with Crippen LogP contribution in [-0.2, 0) is 0 Å². The van der Waals surface area contributed by atoms with E-state index in [1.54, 1.807) is 0 Å². The Balaban J connectivity index is 5.93. The van der Waals surface area contributed by atoms with E-state index in [1.165, 1.54) is 0 Å². The van der Waals surface area contributed by atoms with Gasteiger partial charge in [0.05, 0.1) is 0 Å². The molecule has 0 amide bonds. The van der Waals surface area contributed by atoms with Gasteiger partial charge >= 0.3 is 0 Å². The summed E-state index contributed by atoms with van der Waals surface area (Å²) in [5, 5.41) is 0. The average molecular weight is 256 g/mol. The van der Waals surface area contributed by atoms with Crippen LogP contribution in [-0.4, -0.2) is 12.1 Å². The summed E-state index contributed by atoms with van der Waals surface area (Å²) in [5.41, 5.74) is 12.9. The van der Waals surface area contributed by atoms with E-state index >= 15 is 0 Å². The topological polar surface area (TPSA) is 52.0 Å². The highest BCUT2D eigenvalue weighted by atomic mass is 14.9. The van der Waals surface area contributed by atoms with E-state index in [0.29, 0.717) is 23.7 Å². The molecule has 0 heterocycles. The van der Waals surface area contributed by atoms with Crippen LogP contribution in [0, 0.1) is 29.1 Å². The summed E-state index contributed by atoms with van der Waals surface area (Å²) in [6.45, 7) is 19.0. The van der Waals surface area contributed by atoms with Crippen LogP contribution >= 0.6 is 0 Å². The highest BCUT2D eigenvalue weighted by molar-refractivity contribution is 5.09. The predicted octanol–water partition coefficient (Wildman–Crippen LogP) is 3.64. The molecule has 0 atom stereocenters. The number of nitrogens with two attached hydrogens (primary N) is 2. The Bertz CT molecular complexity index is 225. The minimum atomic E-state index is -0.172. The van der Waals surface area contributed by atoms with Gasteiger partial charge in [-0.2, -0.15) is 0 Å². The third kappa shape index (κ3) is 2.60. The fourth-order valence-electron chi connectivity index (χ4n) is 4.44. The second kappa shape index (κ2) is 6.38. The summed E-state index contributed by atoms with van der Waals surface area (Å²) in [6, 6.07) is 0. The maximum Gasteiger partial charge on any atom is 0.0263 e. The van der Waals surface area contributed by atoms with Crippen molar-refractivity contribution in [3.8, 4) is 0 Å². The molecule has 0 aliphatic carbocycles. The molecular formula is C16H36N2. The molecule has 0 aliphatic rings.